The molecule has 0 radical (unpaired) electrons. The molecule has 5 atom stereocenters. The number of aliphatic hydroxyl groups excluding tert-OH is 2. The van der Waals surface area contributed by atoms with Crippen LogP contribution in [-0.4, -0.2) is 58.6 Å². The summed E-state index contributed by atoms with van der Waals surface area (Å²) in [6, 6.07) is 2.72. The summed E-state index contributed by atoms with van der Waals surface area (Å²) in [6.07, 6.45) is 6.38. The van der Waals surface area contributed by atoms with Crippen molar-refractivity contribution in [2.45, 2.75) is 64.3 Å². The van der Waals surface area contributed by atoms with E-state index in [0.29, 0.717) is 35.1 Å². The number of aromatic nitrogens is 2. The zero-order valence-corrected chi connectivity index (χ0v) is 22.5. The number of pyridine rings is 2. The van der Waals surface area contributed by atoms with E-state index in [1.54, 1.807) is 6.20 Å². The molecule has 3 fully saturated rings. The van der Waals surface area contributed by atoms with Crippen LogP contribution in [0.25, 0.3) is 0 Å². The summed E-state index contributed by atoms with van der Waals surface area (Å²) in [7, 11) is 0. The second-order valence-corrected chi connectivity index (χ2v) is 11.5. The highest BCUT2D eigenvalue weighted by Crippen LogP contribution is 2.42. The molecule has 4 N–H and O–H groups in total. The topological polar surface area (TPSA) is 103 Å². The first-order chi connectivity index (χ1) is 17.2. The Balaban J connectivity index is 1.27. The number of nitrogens with one attached hydrogen (secondary N) is 2. The fourth-order valence-corrected chi connectivity index (χ4v) is 6.68. The summed E-state index contributed by atoms with van der Waals surface area (Å²) in [5, 5.41) is 20.3. The maximum absolute atomic E-state index is 9.60. The van der Waals surface area contributed by atoms with E-state index in [1.807, 2.05) is 20.0 Å². The molecular weight excluding hydrogens is 501 g/mol. The molecular formula is C26H35Cl2N5O3. The molecule has 3 aliphatic rings. The van der Waals surface area contributed by atoms with Crippen molar-refractivity contribution in [2.24, 2.45) is 11.3 Å². The van der Waals surface area contributed by atoms with E-state index in [9.17, 15) is 10.2 Å². The molecule has 0 bridgehead atoms. The van der Waals surface area contributed by atoms with E-state index in [1.165, 1.54) is 0 Å². The molecule has 5 rings (SSSR count). The van der Waals surface area contributed by atoms with Gasteiger partial charge < -0.3 is 19.8 Å². The summed E-state index contributed by atoms with van der Waals surface area (Å²) in [5.74, 6) is 1.28. The zero-order valence-electron chi connectivity index (χ0n) is 21.0. The minimum atomic E-state index is -0.422. The SMILES string of the molecule is Cc1cc(C2NNC3CCC(O[C@H](C)c4c(Cl)cnc(C)c4Cl)CC32)cnc1N1CC(CO)(CO)C1. The van der Waals surface area contributed by atoms with Crippen LogP contribution in [0.2, 0.25) is 10.0 Å². The van der Waals surface area contributed by atoms with Gasteiger partial charge in [-0.3, -0.25) is 10.4 Å². The van der Waals surface area contributed by atoms with Gasteiger partial charge in [0.05, 0.1) is 52.6 Å². The number of aliphatic hydroxyl groups is 2. The summed E-state index contributed by atoms with van der Waals surface area (Å²) >= 11 is 12.9. The lowest BCUT2D eigenvalue weighted by atomic mass is 9.78. The maximum atomic E-state index is 9.60. The Bertz CT molecular complexity index is 1110. The predicted octanol–water partition coefficient (Wildman–Crippen LogP) is 3.66. The Morgan fingerprint density at radius 3 is 2.58 bits per heavy atom. The van der Waals surface area contributed by atoms with Crippen molar-refractivity contribution in [2.75, 3.05) is 31.2 Å². The van der Waals surface area contributed by atoms with Gasteiger partial charge in [0.25, 0.3) is 0 Å². The number of ether oxygens (including phenoxy) is 1. The second-order valence-electron chi connectivity index (χ2n) is 10.8. The minimum absolute atomic E-state index is 0.0150. The molecule has 1 aliphatic carbocycles. The van der Waals surface area contributed by atoms with Gasteiger partial charge in [0.15, 0.2) is 0 Å². The largest absolute Gasteiger partial charge is 0.396 e. The van der Waals surface area contributed by atoms with Crippen molar-refractivity contribution in [3.05, 3.63) is 50.9 Å². The summed E-state index contributed by atoms with van der Waals surface area (Å²) < 4.78 is 6.51. The molecule has 0 spiro atoms. The van der Waals surface area contributed by atoms with Crippen LogP contribution < -0.4 is 15.8 Å². The molecule has 10 heteroatoms. The molecule has 1 saturated carbocycles. The highest BCUT2D eigenvalue weighted by Gasteiger charge is 2.44. The smallest absolute Gasteiger partial charge is 0.131 e. The van der Waals surface area contributed by atoms with Gasteiger partial charge in [-0.25, -0.2) is 10.4 Å². The molecule has 36 heavy (non-hydrogen) atoms. The van der Waals surface area contributed by atoms with E-state index in [-0.39, 0.29) is 31.5 Å². The van der Waals surface area contributed by atoms with Crippen LogP contribution in [0, 0.1) is 25.2 Å². The lowest BCUT2D eigenvalue weighted by Crippen LogP contribution is -2.60. The number of fused-ring (bicyclic) bond motifs is 1. The molecule has 8 nitrogen and oxygen atoms in total. The number of anilines is 1. The van der Waals surface area contributed by atoms with Gasteiger partial charge in [-0.1, -0.05) is 23.2 Å². The van der Waals surface area contributed by atoms with Crippen molar-refractivity contribution in [1.82, 2.24) is 20.8 Å². The molecule has 2 saturated heterocycles. The van der Waals surface area contributed by atoms with E-state index in [2.05, 4.69) is 33.7 Å². The fraction of sp³-hybridized carbons (Fsp3) is 0.615. The first-order valence-corrected chi connectivity index (χ1v) is 13.4. The standard InChI is InChI=1S/C26H35Cl2N5O3/c1-14-6-17(8-30-25(14)33-10-26(11-33,12-34)13-35)24-19-7-18(4-5-21(19)31-32-24)36-16(3)22-20(27)9-29-15(2)23(22)28/h6,8-9,16,18-19,21,24,31-32,34-35H,4-5,7,10-13H2,1-3H3/t16-,18?,19?,21?,24?/m1/s1. The van der Waals surface area contributed by atoms with Crippen LogP contribution in [0.3, 0.4) is 0 Å². The molecule has 4 heterocycles. The van der Waals surface area contributed by atoms with E-state index < -0.39 is 5.41 Å². The maximum Gasteiger partial charge on any atom is 0.131 e. The number of hydrogen-bond donors (Lipinski definition) is 4. The number of aryl methyl sites for hydroxylation is 2. The Kier molecular flexibility index (Phi) is 7.49. The van der Waals surface area contributed by atoms with Crippen molar-refractivity contribution in [3.8, 4) is 0 Å². The average Bonchev–Trinajstić information content (AvgIpc) is 3.26. The van der Waals surface area contributed by atoms with Crippen LogP contribution >= 0.6 is 23.2 Å². The van der Waals surface area contributed by atoms with Crippen LogP contribution in [0.4, 0.5) is 5.82 Å². The summed E-state index contributed by atoms with van der Waals surface area (Å²) in [6.45, 7) is 7.15. The van der Waals surface area contributed by atoms with Gasteiger partial charge in [0.1, 0.15) is 5.82 Å². The van der Waals surface area contributed by atoms with Gasteiger partial charge in [-0.15, -0.1) is 0 Å². The summed E-state index contributed by atoms with van der Waals surface area (Å²) in [5.41, 5.74) is 10.4. The first-order valence-electron chi connectivity index (χ1n) is 12.7. The lowest BCUT2D eigenvalue weighted by Gasteiger charge is -2.49. The van der Waals surface area contributed by atoms with Crippen molar-refractivity contribution in [1.29, 1.82) is 0 Å². The summed E-state index contributed by atoms with van der Waals surface area (Å²) in [4.78, 5) is 11.1. The predicted molar refractivity (Wildman–Crippen MR) is 140 cm³/mol. The number of hydrazine groups is 1. The fourth-order valence-electron chi connectivity index (χ4n) is 6.03. The van der Waals surface area contributed by atoms with Crippen molar-refractivity contribution >= 4 is 29.0 Å². The van der Waals surface area contributed by atoms with Crippen molar-refractivity contribution in [3.63, 3.8) is 0 Å². The molecule has 2 aromatic heterocycles. The molecule has 0 amide bonds. The number of hydrogen-bond acceptors (Lipinski definition) is 8. The molecule has 0 aromatic carbocycles. The highest BCUT2D eigenvalue weighted by atomic mass is 35.5. The third kappa shape index (κ3) is 4.73. The number of rotatable bonds is 7. The number of nitrogens with zero attached hydrogens (tertiary/aromatic N) is 3. The van der Waals surface area contributed by atoms with Gasteiger partial charge in [-0.2, -0.15) is 0 Å². The van der Waals surface area contributed by atoms with Gasteiger partial charge in [-0.05, 0) is 63.1 Å². The minimum Gasteiger partial charge on any atom is -0.396 e. The monoisotopic (exact) mass is 535 g/mol. The van der Waals surface area contributed by atoms with Crippen LogP contribution in [-0.2, 0) is 4.74 Å². The third-order valence-electron chi connectivity index (χ3n) is 8.14. The Morgan fingerprint density at radius 1 is 1.14 bits per heavy atom. The zero-order chi connectivity index (χ0) is 25.6. The molecule has 2 aromatic rings. The van der Waals surface area contributed by atoms with E-state index >= 15 is 0 Å². The van der Waals surface area contributed by atoms with Crippen LogP contribution in [0.1, 0.15) is 60.7 Å². The van der Waals surface area contributed by atoms with E-state index in [0.717, 1.165) is 47.5 Å². The Labute approximate surface area is 222 Å². The van der Waals surface area contributed by atoms with Crippen LogP contribution in [0.15, 0.2) is 18.5 Å². The van der Waals surface area contributed by atoms with Gasteiger partial charge >= 0.3 is 0 Å². The molecule has 196 valence electrons. The average molecular weight is 537 g/mol. The van der Waals surface area contributed by atoms with E-state index in [4.69, 9.17) is 32.9 Å². The number of halogens is 2. The second kappa shape index (κ2) is 10.3. The highest BCUT2D eigenvalue weighted by molar-refractivity contribution is 6.36. The van der Waals surface area contributed by atoms with Gasteiger partial charge in [0, 0.05) is 37.1 Å². The third-order valence-corrected chi connectivity index (χ3v) is 8.92. The molecule has 4 unspecified atom stereocenters. The molecule has 2 aliphatic heterocycles. The van der Waals surface area contributed by atoms with Gasteiger partial charge in [0.2, 0.25) is 0 Å². The van der Waals surface area contributed by atoms with Crippen molar-refractivity contribution < 1.29 is 14.9 Å². The normalized spacial score (nSPS) is 28.0. The lowest BCUT2D eigenvalue weighted by molar-refractivity contribution is -0.0370. The first kappa shape index (κ1) is 26.1. The quantitative estimate of drug-likeness (QED) is 0.426. The Hall–Kier alpha value is -1.52. The van der Waals surface area contributed by atoms with Crippen LogP contribution in [0.5, 0.6) is 0 Å². The Morgan fingerprint density at radius 2 is 1.89 bits per heavy atom.